The van der Waals surface area contributed by atoms with Crippen molar-refractivity contribution in [1.29, 1.82) is 0 Å². The van der Waals surface area contributed by atoms with Gasteiger partial charge in [-0.15, -0.1) is 23.2 Å². The Morgan fingerprint density at radius 1 is 0.914 bits per heavy atom. The summed E-state index contributed by atoms with van der Waals surface area (Å²) in [4.78, 5) is 33.2. The predicted octanol–water partition coefficient (Wildman–Crippen LogP) is 7.30. The number of aromatic nitrogens is 2. The average molecular weight is 569 g/mol. The van der Waals surface area contributed by atoms with Crippen molar-refractivity contribution in [2.75, 3.05) is 10.6 Å². The lowest BCUT2D eigenvalue weighted by Gasteiger charge is -2.10. The summed E-state index contributed by atoms with van der Waals surface area (Å²) in [5, 5.41) is 6.58. The minimum absolute atomic E-state index is 0.174. The largest absolute Gasteiger partial charge is 0.360 e. The van der Waals surface area contributed by atoms with Crippen LogP contribution in [0, 0.1) is 5.92 Å². The van der Waals surface area contributed by atoms with Gasteiger partial charge in [0.25, 0.3) is 5.91 Å². The molecule has 6 nitrogen and oxygen atoms in total. The molecule has 2 amide bonds. The number of halogens is 5. The van der Waals surface area contributed by atoms with E-state index in [0.717, 1.165) is 11.0 Å². The topological polar surface area (TPSA) is 86.9 Å². The molecule has 5 rings (SSSR count). The zero-order chi connectivity index (χ0) is 24.9. The van der Waals surface area contributed by atoms with Crippen LogP contribution in [0.4, 0.5) is 11.4 Å². The van der Waals surface area contributed by atoms with Gasteiger partial charge in [0.05, 0.1) is 39.4 Å². The van der Waals surface area contributed by atoms with Crippen molar-refractivity contribution in [1.82, 2.24) is 9.97 Å². The van der Waals surface area contributed by atoms with E-state index < -0.39 is 28.0 Å². The summed E-state index contributed by atoms with van der Waals surface area (Å²) < 4.78 is -1.33. The summed E-state index contributed by atoms with van der Waals surface area (Å²) in [6.07, 6.45) is 3.30. The third-order valence-electron chi connectivity index (χ3n) is 5.71. The van der Waals surface area contributed by atoms with E-state index >= 15 is 0 Å². The van der Waals surface area contributed by atoms with E-state index in [2.05, 4.69) is 20.6 Å². The average Bonchev–Trinajstić information content (AvgIpc) is 3.11. The summed E-state index contributed by atoms with van der Waals surface area (Å²) in [5.74, 6) is -2.11. The van der Waals surface area contributed by atoms with Gasteiger partial charge in [0, 0.05) is 27.8 Å². The number of hydrogen-bond donors (Lipinski definition) is 3. The van der Waals surface area contributed by atoms with Gasteiger partial charge in [0.2, 0.25) is 5.91 Å². The molecule has 1 aliphatic carbocycles. The molecule has 0 spiro atoms. The summed E-state index contributed by atoms with van der Waals surface area (Å²) >= 11 is 31.3. The van der Waals surface area contributed by atoms with Crippen LogP contribution in [0.5, 0.6) is 0 Å². The number of nitrogens with one attached hydrogen (secondary N) is 3. The van der Waals surface area contributed by atoms with Crippen LogP contribution >= 0.6 is 58.0 Å². The second-order valence-electron chi connectivity index (χ2n) is 8.11. The van der Waals surface area contributed by atoms with Gasteiger partial charge in [-0.2, -0.15) is 0 Å². The van der Waals surface area contributed by atoms with Crippen molar-refractivity contribution in [3.63, 3.8) is 0 Å². The van der Waals surface area contributed by atoms with Gasteiger partial charge in [-0.05, 0) is 54.1 Å². The van der Waals surface area contributed by atoms with Gasteiger partial charge < -0.3 is 15.6 Å². The van der Waals surface area contributed by atoms with E-state index in [1.54, 1.807) is 42.7 Å². The standard InChI is InChI=1S/C24H15Cl5N4O2/c25-12-5-11(6-13(26)7-12)20-21(24(20,28)29)23(35)32-14-1-2-17(27)16(8-14)22(34)33-15-9-19-18(31-10-15)3-4-30-19/h1-10,20-21,30H,(H,32,35)(H,33,34). The fourth-order valence-corrected chi connectivity index (χ4v) is 5.59. The molecule has 2 aromatic heterocycles. The molecule has 1 aliphatic rings. The van der Waals surface area contributed by atoms with Crippen LogP contribution in [0.15, 0.2) is 60.9 Å². The number of pyridine rings is 1. The van der Waals surface area contributed by atoms with Crippen LogP contribution in [0.25, 0.3) is 11.0 Å². The first-order valence-electron chi connectivity index (χ1n) is 10.3. The molecule has 178 valence electrons. The maximum atomic E-state index is 13.0. The highest BCUT2D eigenvalue weighted by atomic mass is 35.5. The lowest BCUT2D eigenvalue weighted by atomic mass is 10.1. The van der Waals surface area contributed by atoms with Gasteiger partial charge >= 0.3 is 0 Å². The number of amides is 2. The first-order valence-corrected chi connectivity index (χ1v) is 12.2. The fourth-order valence-electron chi connectivity index (χ4n) is 4.02. The van der Waals surface area contributed by atoms with Crippen molar-refractivity contribution >= 4 is 92.2 Å². The van der Waals surface area contributed by atoms with Crippen LogP contribution in [-0.4, -0.2) is 26.1 Å². The Kier molecular flexibility index (Phi) is 6.36. The highest BCUT2D eigenvalue weighted by molar-refractivity contribution is 6.53. The summed E-state index contributed by atoms with van der Waals surface area (Å²) in [5.41, 5.74) is 3.25. The molecule has 1 fully saturated rings. The smallest absolute Gasteiger partial charge is 0.257 e. The number of carbonyl (C=O) groups is 2. The van der Waals surface area contributed by atoms with Crippen LogP contribution in [0.2, 0.25) is 15.1 Å². The second kappa shape index (κ2) is 9.19. The Balaban J connectivity index is 1.33. The summed E-state index contributed by atoms with van der Waals surface area (Å²) in [6.45, 7) is 0. The molecule has 2 aromatic carbocycles. The number of aromatic amines is 1. The first kappa shape index (κ1) is 24.2. The van der Waals surface area contributed by atoms with Gasteiger partial charge in [0.1, 0.15) is 4.33 Å². The van der Waals surface area contributed by atoms with E-state index in [1.807, 2.05) is 6.07 Å². The van der Waals surface area contributed by atoms with Gasteiger partial charge in [0.15, 0.2) is 0 Å². The maximum Gasteiger partial charge on any atom is 0.257 e. The molecule has 0 bridgehead atoms. The molecule has 0 radical (unpaired) electrons. The second-order valence-corrected chi connectivity index (χ2v) is 10.8. The zero-order valence-electron chi connectivity index (χ0n) is 17.6. The lowest BCUT2D eigenvalue weighted by Crippen LogP contribution is -2.18. The Morgan fingerprint density at radius 3 is 2.40 bits per heavy atom. The number of nitrogens with zero attached hydrogens (tertiary/aromatic N) is 1. The first-order chi connectivity index (χ1) is 16.6. The number of alkyl halides is 2. The highest BCUT2D eigenvalue weighted by Crippen LogP contribution is 2.65. The number of benzene rings is 2. The lowest BCUT2D eigenvalue weighted by molar-refractivity contribution is -0.117. The minimum atomic E-state index is -1.33. The van der Waals surface area contributed by atoms with Crippen LogP contribution in [0.1, 0.15) is 21.8 Å². The van der Waals surface area contributed by atoms with E-state index in [1.165, 1.54) is 12.1 Å². The highest BCUT2D eigenvalue weighted by Gasteiger charge is 2.67. The van der Waals surface area contributed by atoms with E-state index in [-0.39, 0.29) is 10.6 Å². The van der Waals surface area contributed by atoms with Crippen molar-refractivity contribution in [2.45, 2.75) is 10.3 Å². The van der Waals surface area contributed by atoms with Crippen LogP contribution < -0.4 is 10.6 Å². The molecule has 11 heteroatoms. The van der Waals surface area contributed by atoms with Gasteiger partial charge in [-0.1, -0.05) is 34.8 Å². The monoisotopic (exact) mass is 566 g/mol. The molecule has 35 heavy (non-hydrogen) atoms. The number of anilines is 2. The molecular weight excluding hydrogens is 554 g/mol. The normalized spacial score (nSPS) is 18.3. The molecule has 3 N–H and O–H groups in total. The summed E-state index contributed by atoms with van der Waals surface area (Å²) in [6, 6.07) is 13.1. The Bertz CT molecular complexity index is 1470. The Hall–Kier alpha value is -2.48. The molecule has 0 saturated heterocycles. The number of H-pyrrole nitrogens is 1. The quantitative estimate of drug-likeness (QED) is 0.221. The van der Waals surface area contributed by atoms with Crippen molar-refractivity contribution < 1.29 is 9.59 Å². The van der Waals surface area contributed by atoms with Crippen LogP contribution in [-0.2, 0) is 4.79 Å². The SMILES string of the molecule is O=C(Nc1cnc2cc[nH]c2c1)c1cc(NC(=O)C2C(c3cc(Cl)cc(Cl)c3)C2(Cl)Cl)ccc1Cl. The van der Waals surface area contributed by atoms with E-state index in [0.29, 0.717) is 27.0 Å². The predicted molar refractivity (Wildman–Crippen MR) is 141 cm³/mol. The molecule has 1 saturated carbocycles. The molecule has 2 unspecified atom stereocenters. The van der Waals surface area contributed by atoms with Crippen molar-refractivity contribution in [3.05, 3.63) is 87.1 Å². The number of rotatable bonds is 5. The maximum absolute atomic E-state index is 13.0. The van der Waals surface area contributed by atoms with Crippen molar-refractivity contribution in [3.8, 4) is 0 Å². The molecule has 2 atom stereocenters. The number of hydrogen-bond acceptors (Lipinski definition) is 3. The Morgan fingerprint density at radius 2 is 1.66 bits per heavy atom. The molecule has 4 aromatic rings. The third kappa shape index (κ3) is 4.82. The third-order valence-corrected chi connectivity index (χ3v) is 7.42. The van der Waals surface area contributed by atoms with E-state index in [4.69, 9.17) is 58.0 Å². The minimum Gasteiger partial charge on any atom is -0.360 e. The van der Waals surface area contributed by atoms with Gasteiger partial charge in [-0.3, -0.25) is 14.6 Å². The number of fused-ring (bicyclic) bond motifs is 1. The van der Waals surface area contributed by atoms with Crippen molar-refractivity contribution in [2.24, 2.45) is 5.92 Å². The molecule has 0 aliphatic heterocycles. The fraction of sp³-hybridized carbons (Fsp3) is 0.125. The molecule has 2 heterocycles. The zero-order valence-corrected chi connectivity index (χ0v) is 21.4. The number of carbonyl (C=O) groups excluding carboxylic acids is 2. The summed E-state index contributed by atoms with van der Waals surface area (Å²) in [7, 11) is 0. The van der Waals surface area contributed by atoms with Gasteiger partial charge in [-0.25, -0.2) is 0 Å². The van der Waals surface area contributed by atoms with Crippen LogP contribution in [0.3, 0.4) is 0 Å². The molecular formula is C24H15Cl5N4O2. The van der Waals surface area contributed by atoms with E-state index in [9.17, 15) is 9.59 Å². The Labute approximate surface area is 224 Å².